The molecule has 4 heterocycles. The van der Waals surface area contributed by atoms with Gasteiger partial charge in [-0.2, -0.15) is 10.2 Å². The lowest BCUT2D eigenvalue weighted by Crippen LogP contribution is -2.49. The van der Waals surface area contributed by atoms with Gasteiger partial charge >= 0.3 is 0 Å². The minimum absolute atomic E-state index is 0.108. The van der Waals surface area contributed by atoms with Crippen LogP contribution < -0.4 is 14.4 Å². The number of nitriles is 1. The molecule has 1 saturated heterocycles. The number of hydrogen-bond acceptors (Lipinski definition) is 8. The molecule has 2 aromatic heterocycles. The van der Waals surface area contributed by atoms with Crippen LogP contribution in [0.25, 0.3) is 11.7 Å². The Balaban J connectivity index is 1.17. The zero-order chi connectivity index (χ0) is 22.6. The first-order valence-electron chi connectivity index (χ1n) is 11.1. The molecule has 0 atom stereocenters. The lowest BCUT2D eigenvalue weighted by molar-refractivity contribution is -0.131. The van der Waals surface area contributed by atoms with E-state index in [1.165, 1.54) is 6.26 Å². The van der Waals surface area contributed by atoms with Crippen molar-refractivity contribution in [3.05, 3.63) is 47.9 Å². The van der Waals surface area contributed by atoms with Gasteiger partial charge in [0.2, 0.25) is 17.5 Å². The SMILES string of the molecule is N#Cc1nc(-c2ccco2)oc1N1CCN(C(=O)CCc2ccc3c(c2)OCCCO3)CC1. The second kappa shape index (κ2) is 9.28. The monoisotopic (exact) mass is 448 g/mol. The number of hydrogen-bond donors (Lipinski definition) is 0. The fourth-order valence-electron chi connectivity index (χ4n) is 4.04. The van der Waals surface area contributed by atoms with Gasteiger partial charge in [-0.1, -0.05) is 6.07 Å². The van der Waals surface area contributed by atoms with Gasteiger partial charge < -0.3 is 28.1 Å². The lowest BCUT2D eigenvalue weighted by atomic mass is 10.1. The molecule has 5 rings (SSSR count). The second-order valence-corrected chi connectivity index (χ2v) is 7.96. The average molecular weight is 448 g/mol. The van der Waals surface area contributed by atoms with Gasteiger partial charge in [-0.05, 0) is 36.2 Å². The van der Waals surface area contributed by atoms with Crippen LogP contribution in [0.2, 0.25) is 0 Å². The van der Waals surface area contributed by atoms with E-state index in [1.807, 2.05) is 28.0 Å². The average Bonchev–Trinajstić information content (AvgIpc) is 3.48. The van der Waals surface area contributed by atoms with Gasteiger partial charge in [-0.15, -0.1) is 0 Å². The van der Waals surface area contributed by atoms with Crippen LogP contribution in [-0.4, -0.2) is 55.2 Å². The Bertz CT molecular complexity index is 1160. The maximum Gasteiger partial charge on any atom is 0.266 e. The van der Waals surface area contributed by atoms with E-state index in [0.717, 1.165) is 23.5 Å². The number of aromatic nitrogens is 1. The summed E-state index contributed by atoms with van der Waals surface area (Å²) in [4.78, 5) is 20.8. The smallest absolute Gasteiger partial charge is 0.266 e. The van der Waals surface area contributed by atoms with Gasteiger partial charge in [0, 0.05) is 39.0 Å². The number of piperazine rings is 1. The van der Waals surface area contributed by atoms with Crippen molar-refractivity contribution in [2.45, 2.75) is 19.3 Å². The molecule has 0 saturated carbocycles. The number of amides is 1. The zero-order valence-electron chi connectivity index (χ0n) is 18.2. The summed E-state index contributed by atoms with van der Waals surface area (Å²) in [7, 11) is 0. The van der Waals surface area contributed by atoms with Crippen molar-refractivity contribution in [2.75, 3.05) is 44.3 Å². The summed E-state index contributed by atoms with van der Waals surface area (Å²) in [5, 5.41) is 9.46. The molecule has 0 unspecified atom stereocenters. The minimum atomic E-state index is 0.108. The van der Waals surface area contributed by atoms with Gasteiger partial charge in [0.15, 0.2) is 17.3 Å². The topological polar surface area (TPSA) is 105 Å². The Kier molecular flexibility index (Phi) is 5.89. The summed E-state index contributed by atoms with van der Waals surface area (Å²) in [6.45, 7) is 3.55. The highest BCUT2D eigenvalue weighted by Crippen LogP contribution is 2.31. The minimum Gasteiger partial charge on any atom is -0.490 e. The van der Waals surface area contributed by atoms with Gasteiger partial charge in [-0.3, -0.25) is 4.79 Å². The Morgan fingerprint density at radius 3 is 2.67 bits per heavy atom. The number of anilines is 1. The third kappa shape index (κ3) is 4.51. The Morgan fingerprint density at radius 2 is 1.91 bits per heavy atom. The van der Waals surface area contributed by atoms with E-state index in [1.54, 1.807) is 12.1 Å². The number of benzene rings is 1. The van der Waals surface area contributed by atoms with Crippen LogP contribution in [0.3, 0.4) is 0 Å². The third-order valence-electron chi connectivity index (χ3n) is 5.81. The summed E-state index contributed by atoms with van der Waals surface area (Å²) in [5.41, 5.74) is 1.27. The summed E-state index contributed by atoms with van der Waals surface area (Å²) >= 11 is 0. The van der Waals surface area contributed by atoms with Crippen molar-refractivity contribution in [3.63, 3.8) is 0 Å². The van der Waals surface area contributed by atoms with Crippen molar-refractivity contribution in [1.29, 1.82) is 5.26 Å². The molecular formula is C24H24N4O5. The fraction of sp³-hybridized carbons (Fsp3) is 0.375. The maximum atomic E-state index is 12.8. The molecule has 0 spiro atoms. The Morgan fingerprint density at radius 1 is 1.09 bits per heavy atom. The molecule has 1 aromatic carbocycles. The van der Waals surface area contributed by atoms with Crippen LogP contribution in [0, 0.1) is 11.3 Å². The van der Waals surface area contributed by atoms with Crippen molar-refractivity contribution in [3.8, 4) is 29.2 Å². The van der Waals surface area contributed by atoms with Crippen LogP contribution in [0.1, 0.15) is 24.1 Å². The fourth-order valence-corrected chi connectivity index (χ4v) is 4.04. The van der Waals surface area contributed by atoms with Crippen LogP contribution in [0.15, 0.2) is 45.4 Å². The van der Waals surface area contributed by atoms with Crippen molar-refractivity contribution in [1.82, 2.24) is 9.88 Å². The van der Waals surface area contributed by atoms with Crippen LogP contribution in [0.5, 0.6) is 11.5 Å². The van der Waals surface area contributed by atoms with E-state index in [4.69, 9.17) is 18.3 Å². The third-order valence-corrected chi connectivity index (χ3v) is 5.81. The normalized spacial score (nSPS) is 15.7. The quantitative estimate of drug-likeness (QED) is 0.586. The number of carbonyl (C=O) groups excluding carboxylic acids is 1. The summed E-state index contributed by atoms with van der Waals surface area (Å²) < 4.78 is 22.5. The highest BCUT2D eigenvalue weighted by Gasteiger charge is 2.27. The molecule has 3 aromatic rings. The van der Waals surface area contributed by atoms with Gasteiger partial charge in [0.05, 0.1) is 19.5 Å². The molecule has 1 fully saturated rings. The van der Waals surface area contributed by atoms with E-state index in [0.29, 0.717) is 63.9 Å². The number of rotatable bonds is 5. The van der Waals surface area contributed by atoms with E-state index < -0.39 is 0 Å². The van der Waals surface area contributed by atoms with Gasteiger partial charge in [-0.25, -0.2) is 0 Å². The molecule has 0 aliphatic carbocycles. The zero-order valence-corrected chi connectivity index (χ0v) is 18.2. The van der Waals surface area contributed by atoms with Crippen LogP contribution in [-0.2, 0) is 11.2 Å². The molecule has 2 aliphatic heterocycles. The van der Waals surface area contributed by atoms with Crippen molar-refractivity contribution < 1.29 is 23.1 Å². The van der Waals surface area contributed by atoms with Crippen molar-refractivity contribution >= 4 is 11.8 Å². The highest BCUT2D eigenvalue weighted by molar-refractivity contribution is 5.77. The number of aryl methyl sites for hydroxylation is 1. The summed E-state index contributed by atoms with van der Waals surface area (Å²) in [6, 6.07) is 11.4. The molecule has 0 radical (unpaired) electrons. The second-order valence-electron chi connectivity index (χ2n) is 7.96. The predicted molar refractivity (Wildman–Crippen MR) is 118 cm³/mol. The number of furan rings is 1. The molecule has 9 nitrogen and oxygen atoms in total. The Labute approximate surface area is 191 Å². The molecule has 170 valence electrons. The molecule has 0 N–H and O–H groups in total. The van der Waals surface area contributed by atoms with E-state index in [2.05, 4.69) is 11.1 Å². The number of oxazole rings is 1. The summed E-state index contributed by atoms with van der Waals surface area (Å²) in [5.74, 6) is 2.79. The summed E-state index contributed by atoms with van der Waals surface area (Å²) in [6.07, 6.45) is 3.46. The lowest BCUT2D eigenvalue weighted by Gasteiger charge is -2.34. The maximum absolute atomic E-state index is 12.8. The van der Waals surface area contributed by atoms with Gasteiger partial charge in [0.25, 0.3) is 5.89 Å². The van der Waals surface area contributed by atoms with Gasteiger partial charge in [0.1, 0.15) is 6.07 Å². The molecule has 9 heteroatoms. The van der Waals surface area contributed by atoms with E-state index >= 15 is 0 Å². The first kappa shape index (κ1) is 20.9. The standard InChI is InChI=1S/C24H24N4O5/c25-16-18-24(33-23(26-18)20-3-1-12-31-20)28-10-8-27(9-11-28)22(29)7-5-17-4-6-19-21(15-17)32-14-2-13-30-19/h1,3-4,6,12,15H,2,5,7-11,13-14H2. The molecule has 33 heavy (non-hydrogen) atoms. The van der Waals surface area contributed by atoms with Crippen LogP contribution >= 0.6 is 0 Å². The largest absolute Gasteiger partial charge is 0.490 e. The molecule has 1 amide bonds. The molecule has 0 bridgehead atoms. The highest BCUT2D eigenvalue weighted by atomic mass is 16.5. The predicted octanol–water partition coefficient (Wildman–Crippen LogP) is 3.25. The number of fused-ring (bicyclic) bond motifs is 1. The number of ether oxygens (including phenoxy) is 2. The Hall–Kier alpha value is -3.93. The van der Waals surface area contributed by atoms with Crippen LogP contribution in [0.4, 0.5) is 5.88 Å². The molecular weight excluding hydrogens is 424 g/mol. The van der Waals surface area contributed by atoms with E-state index in [9.17, 15) is 10.1 Å². The van der Waals surface area contributed by atoms with E-state index in [-0.39, 0.29) is 17.5 Å². The number of carbonyl (C=O) groups is 1. The van der Waals surface area contributed by atoms with Crippen molar-refractivity contribution in [2.24, 2.45) is 0 Å². The first-order valence-corrected chi connectivity index (χ1v) is 11.1. The first-order chi connectivity index (χ1) is 16.2. The molecule has 2 aliphatic rings. The number of nitrogens with zero attached hydrogens (tertiary/aromatic N) is 4.